The highest BCUT2D eigenvalue weighted by Gasteiger charge is 2.42. The van der Waals surface area contributed by atoms with Crippen molar-refractivity contribution >= 4 is 22.4 Å². The maximum absolute atomic E-state index is 13.6. The van der Waals surface area contributed by atoms with Gasteiger partial charge in [0.15, 0.2) is 0 Å². The number of aromatic amines is 1. The Morgan fingerprint density at radius 1 is 1.20 bits per heavy atom. The molecule has 0 bridgehead atoms. The summed E-state index contributed by atoms with van der Waals surface area (Å²) in [6.07, 6.45) is 4.04. The lowest BCUT2D eigenvalue weighted by Gasteiger charge is -2.44. The van der Waals surface area contributed by atoms with Gasteiger partial charge in [0.2, 0.25) is 0 Å². The standard InChI is InChI=1S/C23H23ClF2N2O2/c24-19-12-18-14(7-10-28-22(18)29)11-20(19)30-17-5-8-23(9-6-17,21(27)13-25)15-1-3-16(26)4-2-15/h1-4,7,10-12,17,21H,5-6,8-9,13,27H2,(H,28,29). The average molecular weight is 433 g/mol. The van der Waals surface area contributed by atoms with Crippen molar-refractivity contribution in [1.29, 1.82) is 0 Å². The van der Waals surface area contributed by atoms with E-state index in [1.54, 1.807) is 36.5 Å². The van der Waals surface area contributed by atoms with Crippen molar-refractivity contribution in [2.45, 2.75) is 43.2 Å². The highest BCUT2D eigenvalue weighted by molar-refractivity contribution is 6.32. The number of pyridine rings is 1. The molecule has 4 nitrogen and oxygen atoms in total. The molecule has 7 heteroatoms. The molecule has 1 fully saturated rings. The molecule has 0 amide bonds. The Labute approximate surface area is 178 Å². The van der Waals surface area contributed by atoms with Crippen LogP contribution in [0.3, 0.4) is 0 Å². The third kappa shape index (κ3) is 3.82. The minimum atomic E-state index is -0.667. The van der Waals surface area contributed by atoms with Gasteiger partial charge in [0.25, 0.3) is 5.56 Å². The normalized spacial score (nSPS) is 22.7. The van der Waals surface area contributed by atoms with Crippen molar-refractivity contribution in [3.05, 3.63) is 75.4 Å². The molecule has 3 aromatic rings. The lowest BCUT2D eigenvalue weighted by Crippen LogP contribution is -2.50. The lowest BCUT2D eigenvalue weighted by molar-refractivity contribution is 0.0991. The molecule has 1 atom stereocenters. The zero-order valence-corrected chi connectivity index (χ0v) is 17.1. The molecule has 1 aliphatic carbocycles. The molecule has 0 saturated heterocycles. The third-order valence-electron chi connectivity index (χ3n) is 6.24. The van der Waals surface area contributed by atoms with Gasteiger partial charge in [-0.1, -0.05) is 23.7 Å². The molecule has 3 N–H and O–H groups in total. The Hall–Kier alpha value is -2.44. The third-order valence-corrected chi connectivity index (χ3v) is 6.54. The number of alkyl halides is 1. The molecule has 1 aliphatic rings. The van der Waals surface area contributed by atoms with Crippen molar-refractivity contribution in [2.75, 3.05) is 6.67 Å². The van der Waals surface area contributed by atoms with E-state index in [4.69, 9.17) is 22.1 Å². The van der Waals surface area contributed by atoms with Crippen molar-refractivity contribution in [1.82, 2.24) is 4.98 Å². The number of nitrogens with one attached hydrogen (secondary N) is 1. The molecule has 158 valence electrons. The van der Waals surface area contributed by atoms with Gasteiger partial charge in [0.05, 0.1) is 11.1 Å². The van der Waals surface area contributed by atoms with E-state index in [1.807, 2.05) is 0 Å². The zero-order chi connectivity index (χ0) is 21.3. The van der Waals surface area contributed by atoms with E-state index in [0.29, 0.717) is 41.8 Å². The molecule has 1 aromatic heterocycles. The molecule has 2 aromatic carbocycles. The van der Waals surface area contributed by atoms with Crippen molar-refractivity contribution in [2.24, 2.45) is 5.73 Å². The Kier molecular flexibility index (Phi) is 5.80. The number of halogens is 3. The SMILES string of the molecule is NC(CF)C1(c2ccc(F)cc2)CCC(Oc2cc3cc[nH]c(=O)c3cc2Cl)CC1. The van der Waals surface area contributed by atoms with Crippen LogP contribution >= 0.6 is 11.6 Å². The Morgan fingerprint density at radius 3 is 2.57 bits per heavy atom. The number of hydrogen-bond donors (Lipinski definition) is 2. The van der Waals surface area contributed by atoms with Crippen LogP contribution < -0.4 is 16.0 Å². The van der Waals surface area contributed by atoms with Crippen LogP contribution in [0.1, 0.15) is 31.2 Å². The van der Waals surface area contributed by atoms with Gasteiger partial charge in [0, 0.05) is 23.0 Å². The molecule has 1 saturated carbocycles. The smallest absolute Gasteiger partial charge is 0.255 e. The number of hydrogen-bond acceptors (Lipinski definition) is 3. The van der Waals surface area contributed by atoms with Gasteiger partial charge in [0.1, 0.15) is 18.2 Å². The second-order valence-electron chi connectivity index (χ2n) is 7.92. The van der Waals surface area contributed by atoms with Gasteiger partial charge in [-0.25, -0.2) is 8.78 Å². The van der Waals surface area contributed by atoms with E-state index in [1.165, 1.54) is 12.1 Å². The van der Waals surface area contributed by atoms with Gasteiger partial charge < -0.3 is 15.5 Å². The summed E-state index contributed by atoms with van der Waals surface area (Å²) in [6.45, 7) is -0.645. The van der Waals surface area contributed by atoms with Gasteiger partial charge in [-0.3, -0.25) is 4.79 Å². The summed E-state index contributed by atoms with van der Waals surface area (Å²) in [4.78, 5) is 14.6. The van der Waals surface area contributed by atoms with E-state index in [0.717, 1.165) is 10.9 Å². The largest absolute Gasteiger partial charge is 0.489 e. The van der Waals surface area contributed by atoms with Gasteiger partial charge in [-0.2, -0.15) is 0 Å². The number of fused-ring (bicyclic) bond motifs is 1. The molecule has 0 aliphatic heterocycles. The number of nitrogens with two attached hydrogens (primary N) is 1. The average Bonchev–Trinajstić information content (AvgIpc) is 2.76. The number of rotatable bonds is 5. The van der Waals surface area contributed by atoms with E-state index in [9.17, 15) is 13.6 Å². The number of ether oxygens (including phenoxy) is 1. The first-order valence-corrected chi connectivity index (χ1v) is 10.4. The van der Waals surface area contributed by atoms with Gasteiger partial charge >= 0.3 is 0 Å². The Balaban J connectivity index is 1.55. The molecular weight excluding hydrogens is 410 g/mol. The van der Waals surface area contributed by atoms with Crippen LogP contribution in [0.5, 0.6) is 5.75 Å². The summed E-state index contributed by atoms with van der Waals surface area (Å²) in [5.74, 6) is 0.188. The van der Waals surface area contributed by atoms with Crippen LogP contribution in [0.4, 0.5) is 8.78 Å². The van der Waals surface area contributed by atoms with Crippen LogP contribution in [-0.2, 0) is 5.41 Å². The maximum atomic E-state index is 13.6. The minimum absolute atomic E-state index is 0.109. The predicted octanol–water partition coefficient (Wildman–Crippen LogP) is 4.88. The minimum Gasteiger partial charge on any atom is -0.489 e. The lowest BCUT2D eigenvalue weighted by atomic mass is 9.64. The number of H-pyrrole nitrogens is 1. The Morgan fingerprint density at radius 2 is 1.90 bits per heavy atom. The first kappa shape index (κ1) is 20.8. The van der Waals surface area contributed by atoms with E-state index in [-0.39, 0.29) is 17.5 Å². The quantitative estimate of drug-likeness (QED) is 0.604. The summed E-state index contributed by atoms with van der Waals surface area (Å²) in [7, 11) is 0. The number of aromatic nitrogens is 1. The Bertz CT molecular complexity index is 1090. The highest BCUT2D eigenvalue weighted by Crippen LogP contribution is 2.43. The molecule has 1 heterocycles. The molecule has 1 unspecified atom stereocenters. The summed E-state index contributed by atoms with van der Waals surface area (Å²) in [5.41, 5.74) is 6.29. The van der Waals surface area contributed by atoms with E-state index < -0.39 is 18.1 Å². The molecule has 0 spiro atoms. The van der Waals surface area contributed by atoms with Gasteiger partial charge in [-0.15, -0.1) is 0 Å². The summed E-state index contributed by atoms with van der Waals surface area (Å²) in [5, 5.41) is 1.62. The first-order valence-electron chi connectivity index (χ1n) is 9.98. The fourth-order valence-electron chi connectivity index (χ4n) is 4.49. The van der Waals surface area contributed by atoms with E-state index in [2.05, 4.69) is 4.98 Å². The van der Waals surface area contributed by atoms with Crippen molar-refractivity contribution < 1.29 is 13.5 Å². The molecular formula is C23H23ClF2N2O2. The van der Waals surface area contributed by atoms with Crippen LogP contribution in [0.15, 0.2) is 53.5 Å². The first-order chi connectivity index (χ1) is 14.4. The van der Waals surface area contributed by atoms with Crippen LogP contribution in [0, 0.1) is 5.82 Å². The fourth-order valence-corrected chi connectivity index (χ4v) is 4.69. The molecule has 4 rings (SSSR count). The van der Waals surface area contributed by atoms with Crippen molar-refractivity contribution in [3.63, 3.8) is 0 Å². The van der Waals surface area contributed by atoms with Gasteiger partial charge in [-0.05, 0) is 67.0 Å². The highest BCUT2D eigenvalue weighted by atomic mass is 35.5. The van der Waals surface area contributed by atoms with E-state index >= 15 is 0 Å². The van der Waals surface area contributed by atoms with Crippen LogP contribution in [0.2, 0.25) is 5.02 Å². The molecule has 0 radical (unpaired) electrons. The summed E-state index contributed by atoms with van der Waals surface area (Å²) in [6, 6.07) is 10.7. The van der Waals surface area contributed by atoms with Crippen molar-refractivity contribution in [3.8, 4) is 5.75 Å². The number of benzene rings is 2. The second kappa shape index (κ2) is 8.36. The fraction of sp³-hybridized carbons (Fsp3) is 0.348. The second-order valence-corrected chi connectivity index (χ2v) is 8.32. The van der Waals surface area contributed by atoms with Crippen LogP contribution in [0.25, 0.3) is 10.8 Å². The summed E-state index contributed by atoms with van der Waals surface area (Å²) >= 11 is 6.35. The maximum Gasteiger partial charge on any atom is 0.255 e. The predicted molar refractivity (Wildman–Crippen MR) is 114 cm³/mol. The molecule has 30 heavy (non-hydrogen) atoms. The monoisotopic (exact) mass is 432 g/mol. The topological polar surface area (TPSA) is 68.1 Å². The summed E-state index contributed by atoms with van der Waals surface area (Å²) < 4.78 is 33.1. The van der Waals surface area contributed by atoms with Crippen LogP contribution in [-0.4, -0.2) is 23.8 Å². The zero-order valence-electron chi connectivity index (χ0n) is 16.3.